The number of rotatable bonds is 6. The SMILES string of the molecule is c1ccc(-c2cc(-c3ccc(-c4ccc5c(c4)Oc4ccc6c(c4O5)-c4ccccc4C6(c4ccccc4)c4ccccc4)cc3)nc(-c3ccc4c5ccccc5c5ccccc5c4c3)n2)cc1. The molecule has 11 aromatic carbocycles. The first-order valence-electron chi connectivity index (χ1n) is 23.5. The summed E-state index contributed by atoms with van der Waals surface area (Å²) in [7, 11) is 0. The van der Waals surface area contributed by atoms with Gasteiger partial charge < -0.3 is 9.47 Å². The van der Waals surface area contributed by atoms with Gasteiger partial charge in [-0.15, -0.1) is 0 Å². The molecule has 69 heavy (non-hydrogen) atoms. The Morgan fingerprint density at radius 3 is 1.48 bits per heavy atom. The summed E-state index contributed by atoms with van der Waals surface area (Å²) in [6, 6.07) is 85.9. The first-order chi connectivity index (χ1) is 34.2. The van der Waals surface area contributed by atoms with Crippen LogP contribution in [0.25, 0.3) is 88.5 Å². The lowest BCUT2D eigenvalue weighted by molar-refractivity contribution is 0.360. The van der Waals surface area contributed by atoms with Gasteiger partial charge in [-0.3, -0.25) is 0 Å². The van der Waals surface area contributed by atoms with E-state index in [0.29, 0.717) is 23.1 Å². The molecule has 0 spiro atoms. The third-order valence-electron chi connectivity index (χ3n) is 14.2. The molecule has 2 heterocycles. The monoisotopic (exact) mass is 880 g/mol. The van der Waals surface area contributed by atoms with E-state index >= 15 is 0 Å². The van der Waals surface area contributed by atoms with Crippen molar-refractivity contribution >= 4 is 32.3 Å². The summed E-state index contributed by atoms with van der Waals surface area (Å²) in [5.41, 5.74) is 13.3. The summed E-state index contributed by atoms with van der Waals surface area (Å²) >= 11 is 0. The van der Waals surface area contributed by atoms with Gasteiger partial charge in [0.2, 0.25) is 0 Å². The van der Waals surface area contributed by atoms with Gasteiger partial charge in [0, 0.05) is 22.3 Å². The third-order valence-corrected chi connectivity index (χ3v) is 14.2. The molecule has 4 nitrogen and oxygen atoms in total. The number of hydrogen-bond donors (Lipinski definition) is 0. The molecule has 0 unspecified atom stereocenters. The molecular weight excluding hydrogens is 841 g/mol. The summed E-state index contributed by atoms with van der Waals surface area (Å²) in [5, 5.41) is 7.36. The molecule has 0 radical (unpaired) electrons. The number of hydrogen-bond acceptors (Lipinski definition) is 4. The van der Waals surface area contributed by atoms with E-state index in [0.717, 1.165) is 56.1 Å². The van der Waals surface area contributed by atoms with Crippen molar-refractivity contribution in [1.82, 2.24) is 9.97 Å². The van der Waals surface area contributed by atoms with Gasteiger partial charge in [0.15, 0.2) is 28.8 Å². The number of aromatic nitrogens is 2. The van der Waals surface area contributed by atoms with Gasteiger partial charge >= 0.3 is 0 Å². The van der Waals surface area contributed by atoms with Crippen LogP contribution in [0.2, 0.25) is 0 Å². The molecule has 14 rings (SSSR count). The van der Waals surface area contributed by atoms with Crippen LogP contribution in [0.1, 0.15) is 22.3 Å². The number of ether oxygens (including phenoxy) is 2. The van der Waals surface area contributed by atoms with Crippen molar-refractivity contribution in [2.75, 3.05) is 0 Å². The predicted molar refractivity (Wildman–Crippen MR) is 280 cm³/mol. The van der Waals surface area contributed by atoms with E-state index in [1.54, 1.807) is 0 Å². The fourth-order valence-corrected chi connectivity index (χ4v) is 11.1. The van der Waals surface area contributed by atoms with Crippen molar-refractivity contribution in [3.8, 4) is 79.2 Å². The van der Waals surface area contributed by atoms with Crippen molar-refractivity contribution in [2.24, 2.45) is 0 Å². The zero-order valence-electron chi connectivity index (χ0n) is 37.3. The molecule has 0 N–H and O–H groups in total. The summed E-state index contributed by atoms with van der Waals surface area (Å²) in [6.07, 6.45) is 0. The van der Waals surface area contributed by atoms with E-state index in [1.165, 1.54) is 54.6 Å². The Labute approximate surface area is 399 Å². The van der Waals surface area contributed by atoms with Gasteiger partial charge in [0.25, 0.3) is 0 Å². The quantitative estimate of drug-likeness (QED) is 0.156. The van der Waals surface area contributed by atoms with Crippen molar-refractivity contribution in [3.05, 3.63) is 265 Å². The average Bonchev–Trinajstić information content (AvgIpc) is 3.74. The zero-order chi connectivity index (χ0) is 45.5. The molecule has 0 fully saturated rings. The van der Waals surface area contributed by atoms with Crippen LogP contribution in [-0.2, 0) is 5.41 Å². The van der Waals surface area contributed by atoms with Crippen molar-refractivity contribution in [3.63, 3.8) is 0 Å². The van der Waals surface area contributed by atoms with Crippen LogP contribution in [0, 0.1) is 0 Å². The minimum absolute atomic E-state index is 0.527. The lowest BCUT2D eigenvalue weighted by Gasteiger charge is -2.34. The Balaban J connectivity index is 0.821. The van der Waals surface area contributed by atoms with Crippen LogP contribution in [0.15, 0.2) is 243 Å². The Morgan fingerprint density at radius 1 is 0.304 bits per heavy atom. The summed E-state index contributed by atoms with van der Waals surface area (Å²) < 4.78 is 13.7. The maximum atomic E-state index is 6.93. The van der Waals surface area contributed by atoms with E-state index in [9.17, 15) is 0 Å². The molecular formula is C65H40N2O2. The second-order valence-electron chi connectivity index (χ2n) is 18.0. The van der Waals surface area contributed by atoms with Gasteiger partial charge in [-0.25, -0.2) is 9.97 Å². The summed E-state index contributed by atoms with van der Waals surface area (Å²) in [6.45, 7) is 0. The highest BCUT2D eigenvalue weighted by atomic mass is 16.6. The third kappa shape index (κ3) is 6.09. The van der Waals surface area contributed by atoms with Crippen molar-refractivity contribution < 1.29 is 9.47 Å². The van der Waals surface area contributed by atoms with Crippen LogP contribution in [0.4, 0.5) is 0 Å². The van der Waals surface area contributed by atoms with E-state index in [2.05, 4.69) is 231 Å². The first kappa shape index (κ1) is 39.1. The standard InChI is InChI=1S/C65H40N2O2/c1-4-16-42(17-5-1)57-40-58(67-64(66-57)45-32-34-52-50-24-11-10-22-48(50)49-23-12-13-25-51(49)54(52)38-45)43-30-28-41(29-31-43)44-33-36-59-61(39-44)68-60-37-35-56-62(63(60)69-59)53-26-14-15-27-55(53)65(56,46-18-6-2-7-19-46)47-20-8-3-9-21-47/h1-40H. The van der Waals surface area contributed by atoms with E-state index in [-0.39, 0.29) is 0 Å². The second kappa shape index (κ2) is 15.5. The van der Waals surface area contributed by atoms with Crippen LogP contribution in [0.5, 0.6) is 23.0 Å². The number of benzene rings is 11. The molecule has 0 saturated carbocycles. The molecule has 1 aliphatic carbocycles. The second-order valence-corrected chi connectivity index (χ2v) is 18.0. The number of nitrogens with zero attached hydrogens (tertiary/aromatic N) is 2. The Hall–Kier alpha value is -9.12. The molecule has 2 aliphatic rings. The predicted octanol–water partition coefficient (Wildman–Crippen LogP) is 16.9. The highest BCUT2D eigenvalue weighted by Gasteiger charge is 2.48. The molecule has 4 heteroatoms. The molecule has 0 saturated heterocycles. The largest absolute Gasteiger partial charge is 0.449 e. The van der Waals surface area contributed by atoms with Gasteiger partial charge in [0.05, 0.1) is 16.8 Å². The van der Waals surface area contributed by atoms with Crippen LogP contribution in [-0.4, -0.2) is 9.97 Å². The normalized spacial score (nSPS) is 13.0. The maximum absolute atomic E-state index is 6.93. The fraction of sp³-hybridized carbons (Fsp3) is 0.0154. The summed E-state index contributed by atoms with van der Waals surface area (Å²) in [5.74, 6) is 3.48. The van der Waals surface area contributed by atoms with Crippen molar-refractivity contribution in [1.29, 1.82) is 0 Å². The zero-order valence-corrected chi connectivity index (χ0v) is 37.3. The summed E-state index contributed by atoms with van der Waals surface area (Å²) in [4.78, 5) is 10.5. The van der Waals surface area contributed by atoms with Crippen LogP contribution >= 0.6 is 0 Å². The van der Waals surface area contributed by atoms with Gasteiger partial charge in [-0.2, -0.15) is 0 Å². The van der Waals surface area contributed by atoms with Gasteiger partial charge in [0.1, 0.15) is 0 Å². The van der Waals surface area contributed by atoms with Crippen LogP contribution < -0.4 is 9.47 Å². The highest BCUT2D eigenvalue weighted by molar-refractivity contribution is 6.25. The highest BCUT2D eigenvalue weighted by Crippen LogP contribution is 2.62. The molecule has 0 amide bonds. The molecule has 0 atom stereocenters. The molecule has 12 aromatic rings. The minimum atomic E-state index is -0.527. The first-order valence-corrected chi connectivity index (χ1v) is 23.5. The lowest BCUT2D eigenvalue weighted by atomic mass is 9.68. The Morgan fingerprint density at radius 2 is 0.812 bits per heavy atom. The average molecular weight is 881 g/mol. The lowest BCUT2D eigenvalue weighted by Crippen LogP contribution is -2.28. The molecule has 1 aromatic heterocycles. The molecule has 322 valence electrons. The Kier molecular flexibility index (Phi) is 8.77. The van der Waals surface area contributed by atoms with Crippen LogP contribution in [0.3, 0.4) is 0 Å². The maximum Gasteiger partial charge on any atom is 0.178 e. The molecule has 1 aliphatic heterocycles. The van der Waals surface area contributed by atoms with E-state index in [1.807, 2.05) is 12.1 Å². The topological polar surface area (TPSA) is 44.2 Å². The van der Waals surface area contributed by atoms with E-state index in [4.69, 9.17) is 19.4 Å². The molecule has 0 bridgehead atoms. The smallest absolute Gasteiger partial charge is 0.178 e. The minimum Gasteiger partial charge on any atom is -0.449 e. The van der Waals surface area contributed by atoms with Gasteiger partial charge in [-0.05, 0) is 102 Å². The fourth-order valence-electron chi connectivity index (χ4n) is 11.1. The van der Waals surface area contributed by atoms with Gasteiger partial charge in [-0.1, -0.05) is 212 Å². The number of fused-ring (bicyclic) bond motifs is 12. The Bertz CT molecular complexity index is 3920. The van der Waals surface area contributed by atoms with Crippen molar-refractivity contribution in [2.45, 2.75) is 5.41 Å². The van der Waals surface area contributed by atoms with E-state index < -0.39 is 5.41 Å².